The normalized spacial score (nSPS) is 31.2. The number of alkyl halides is 3. The summed E-state index contributed by atoms with van der Waals surface area (Å²) in [5.41, 5.74) is 8.62. The Hall–Kier alpha value is -1.19. The molecule has 2 unspecified atom stereocenters. The van der Waals surface area contributed by atoms with Crippen LogP contribution in [0.4, 0.5) is 13.2 Å². The van der Waals surface area contributed by atoms with Gasteiger partial charge in [-0.3, -0.25) is 15.6 Å². The maximum absolute atomic E-state index is 13.4. The fourth-order valence-electron chi connectivity index (χ4n) is 2.52. The van der Waals surface area contributed by atoms with Gasteiger partial charge in [0, 0.05) is 19.3 Å². The van der Waals surface area contributed by atoms with Gasteiger partial charge in [-0.05, 0) is 19.4 Å². The Bertz CT molecular complexity index is 420. The molecular weight excluding hydrogens is 287 g/mol. The molecule has 6 nitrogen and oxygen atoms in total. The van der Waals surface area contributed by atoms with Crippen molar-refractivity contribution in [3.63, 3.8) is 0 Å². The molecule has 1 fully saturated rings. The minimum absolute atomic E-state index is 0.181. The van der Waals surface area contributed by atoms with Gasteiger partial charge in [0.05, 0.1) is 13.2 Å². The van der Waals surface area contributed by atoms with Gasteiger partial charge in [0.15, 0.2) is 11.7 Å². The Labute approximate surface area is 121 Å². The van der Waals surface area contributed by atoms with Gasteiger partial charge < -0.3 is 10.5 Å². The van der Waals surface area contributed by atoms with Crippen molar-refractivity contribution in [1.29, 1.82) is 0 Å². The van der Waals surface area contributed by atoms with Crippen LogP contribution in [-0.4, -0.2) is 62.3 Å². The van der Waals surface area contributed by atoms with Crippen molar-refractivity contribution < 1.29 is 17.9 Å². The third kappa shape index (κ3) is 3.53. The van der Waals surface area contributed by atoms with Crippen molar-refractivity contribution in [2.75, 3.05) is 32.8 Å². The van der Waals surface area contributed by atoms with Gasteiger partial charge in [-0.1, -0.05) is 0 Å². The summed E-state index contributed by atoms with van der Waals surface area (Å²) < 4.78 is 45.4. The molecule has 0 aromatic heterocycles. The van der Waals surface area contributed by atoms with Crippen LogP contribution < -0.4 is 11.5 Å². The lowest BCUT2D eigenvalue weighted by molar-refractivity contribution is -0.176. The maximum atomic E-state index is 13.4. The van der Waals surface area contributed by atoms with Crippen LogP contribution in [-0.2, 0) is 4.74 Å². The molecule has 2 atom stereocenters. The second-order valence-electron chi connectivity index (χ2n) is 5.23. The first-order chi connectivity index (χ1) is 9.85. The molecule has 0 aromatic rings. The van der Waals surface area contributed by atoms with Gasteiger partial charge in [-0.2, -0.15) is 13.2 Å². The minimum atomic E-state index is -4.53. The molecule has 2 rings (SSSR count). The van der Waals surface area contributed by atoms with E-state index in [1.165, 1.54) is 0 Å². The topological polar surface area (TPSA) is 89.2 Å². The molecule has 0 spiro atoms. The SMILES string of the molecule is NC1=NC(N)N=CC1(CCCN1CCOCC1)C(F)(F)F. The highest BCUT2D eigenvalue weighted by molar-refractivity contribution is 6.03. The summed E-state index contributed by atoms with van der Waals surface area (Å²) in [6.45, 7) is 3.27. The Morgan fingerprint density at radius 2 is 2.05 bits per heavy atom. The Morgan fingerprint density at radius 1 is 1.38 bits per heavy atom. The van der Waals surface area contributed by atoms with Crippen molar-refractivity contribution in [3.8, 4) is 0 Å². The van der Waals surface area contributed by atoms with Crippen LogP contribution in [0.5, 0.6) is 0 Å². The number of nitrogens with zero attached hydrogens (tertiary/aromatic N) is 3. The smallest absolute Gasteiger partial charge is 0.386 e. The lowest BCUT2D eigenvalue weighted by Crippen LogP contribution is -2.53. The zero-order valence-electron chi connectivity index (χ0n) is 11.6. The predicted molar refractivity (Wildman–Crippen MR) is 73.1 cm³/mol. The van der Waals surface area contributed by atoms with E-state index in [0.29, 0.717) is 26.2 Å². The van der Waals surface area contributed by atoms with E-state index in [4.69, 9.17) is 16.2 Å². The second kappa shape index (κ2) is 6.29. The van der Waals surface area contributed by atoms with Gasteiger partial charge in [-0.15, -0.1) is 0 Å². The quantitative estimate of drug-likeness (QED) is 0.783. The van der Waals surface area contributed by atoms with Gasteiger partial charge in [0.25, 0.3) is 0 Å². The van der Waals surface area contributed by atoms with E-state index in [1.54, 1.807) is 0 Å². The number of halogens is 3. The first kappa shape index (κ1) is 16.2. The number of amidine groups is 1. The van der Waals surface area contributed by atoms with Crippen LogP contribution in [0.3, 0.4) is 0 Å². The highest BCUT2D eigenvalue weighted by atomic mass is 19.4. The molecule has 0 bridgehead atoms. The number of hydrogen-bond acceptors (Lipinski definition) is 6. The van der Waals surface area contributed by atoms with E-state index in [0.717, 1.165) is 19.3 Å². The van der Waals surface area contributed by atoms with E-state index in [1.807, 2.05) is 0 Å². The van der Waals surface area contributed by atoms with Crippen LogP contribution >= 0.6 is 0 Å². The number of ether oxygens (including phenoxy) is 1. The van der Waals surface area contributed by atoms with Crippen LogP contribution in [0.25, 0.3) is 0 Å². The zero-order chi connectivity index (χ0) is 15.5. The summed E-state index contributed by atoms with van der Waals surface area (Å²) in [4.78, 5) is 9.26. The molecule has 21 heavy (non-hydrogen) atoms. The van der Waals surface area contributed by atoms with Crippen LogP contribution in [0.1, 0.15) is 12.8 Å². The molecule has 0 aliphatic carbocycles. The van der Waals surface area contributed by atoms with E-state index in [9.17, 15) is 13.2 Å². The van der Waals surface area contributed by atoms with Gasteiger partial charge in [0.1, 0.15) is 5.84 Å². The predicted octanol–water partition coefficient (Wildman–Crippen LogP) is 0.331. The summed E-state index contributed by atoms with van der Waals surface area (Å²) in [6.07, 6.45) is -4.59. The summed E-state index contributed by atoms with van der Waals surface area (Å²) in [6, 6.07) is 0. The first-order valence-electron chi connectivity index (χ1n) is 6.86. The van der Waals surface area contributed by atoms with Crippen LogP contribution in [0, 0.1) is 5.41 Å². The number of hydrogen-bond donors (Lipinski definition) is 2. The van der Waals surface area contributed by atoms with Crippen LogP contribution in [0.2, 0.25) is 0 Å². The molecule has 0 saturated carbocycles. The Morgan fingerprint density at radius 3 is 2.62 bits per heavy atom. The van der Waals surface area contributed by atoms with Gasteiger partial charge in [0.2, 0.25) is 0 Å². The summed E-state index contributed by atoms with van der Waals surface area (Å²) >= 11 is 0. The third-order valence-electron chi connectivity index (χ3n) is 3.83. The lowest BCUT2D eigenvalue weighted by atomic mass is 9.81. The largest absolute Gasteiger partial charge is 0.406 e. The van der Waals surface area contributed by atoms with Gasteiger partial charge >= 0.3 is 6.18 Å². The number of aliphatic imine (C=N–C) groups is 2. The zero-order valence-corrected chi connectivity index (χ0v) is 11.6. The molecule has 2 aliphatic rings. The molecule has 0 amide bonds. The molecule has 120 valence electrons. The number of rotatable bonds is 4. The fourth-order valence-corrected chi connectivity index (χ4v) is 2.52. The third-order valence-corrected chi connectivity index (χ3v) is 3.83. The molecule has 0 aromatic carbocycles. The number of nitrogens with two attached hydrogens (primary N) is 2. The van der Waals surface area contributed by atoms with Crippen molar-refractivity contribution in [2.24, 2.45) is 26.9 Å². The van der Waals surface area contributed by atoms with E-state index >= 15 is 0 Å². The molecule has 9 heteroatoms. The number of morpholine rings is 1. The van der Waals surface area contributed by atoms with Crippen molar-refractivity contribution in [2.45, 2.75) is 25.3 Å². The van der Waals surface area contributed by atoms with Gasteiger partial charge in [-0.25, -0.2) is 4.99 Å². The van der Waals surface area contributed by atoms with Crippen molar-refractivity contribution in [3.05, 3.63) is 0 Å². The minimum Gasteiger partial charge on any atom is -0.386 e. The molecule has 1 saturated heterocycles. The van der Waals surface area contributed by atoms with E-state index in [-0.39, 0.29) is 6.42 Å². The fraction of sp³-hybridized carbons (Fsp3) is 0.833. The average Bonchev–Trinajstić information content (AvgIpc) is 2.41. The Kier molecular flexibility index (Phi) is 4.84. The highest BCUT2D eigenvalue weighted by Crippen LogP contribution is 2.42. The highest BCUT2D eigenvalue weighted by Gasteiger charge is 2.57. The summed E-state index contributed by atoms with van der Waals surface area (Å²) in [7, 11) is 0. The summed E-state index contributed by atoms with van der Waals surface area (Å²) in [5.74, 6) is -0.500. The monoisotopic (exact) mass is 307 g/mol. The standard InChI is InChI=1S/C12H20F3N5O/c13-12(14,15)11(8-18-10(17)19-9(11)16)2-1-3-20-4-6-21-7-5-20/h8,10H,1-7,17H2,(H2,16,19). The van der Waals surface area contributed by atoms with E-state index < -0.39 is 23.7 Å². The molecular formula is C12H20F3N5O. The lowest BCUT2D eigenvalue weighted by Gasteiger charge is -2.35. The maximum Gasteiger partial charge on any atom is 0.406 e. The Balaban J connectivity index is 2.01. The first-order valence-corrected chi connectivity index (χ1v) is 6.86. The summed E-state index contributed by atoms with van der Waals surface area (Å²) in [5, 5.41) is 0. The van der Waals surface area contributed by atoms with E-state index in [2.05, 4.69) is 14.9 Å². The van der Waals surface area contributed by atoms with Crippen LogP contribution in [0.15, 0.2) is 9.98 Å². The molecule has 2 heterocycles. The second-order valence-corrected chi connectivity index (χ2v) is 5.23. The molecule has 4 N–H and O–H groups in total. The molecule has 0 radical (unpaired) electrons. The average molecular weight is 307 g/mol. The molecule has 2 aliphatic heterocycles. The van der Waals surface area contributed by atoms with Crippen molar-refractivity contribution in [1.82, 2.24) is 4.90 Å². The van der Waals surface area contributed by atoms with Crippen molar-refractivity contribution >= 4 is 12.1 Å².